The van der Waals surface area contributed by atoms with Gasteiger partial charge >= 0.3 is 0 Å². The fourth-order valence-electron chi connectivity index (χ4n) is 3.83. The van der Waals surface area contributed by atoms with Crippen molar-refractivity contribution in [2.45, 2.75) is 0 Å². The van der Waals surface area contributed by atoms with Crippen molar-refractivity contribution in [2.75, 3.05) is 4.90 Å². The van der Waals surface area contributed by atoms with E-state index in [-0.39, 0.29) is 0 Å². The minimum Gasteiger partial charge on any atom is -0.310 e. The highest BCUT2D eigenvalue weighted by atomic mass is 79.9. The second kappa shape index (κ2) is 7.66. The van der Waals surface area contributed by atoms with E-state index in [0.29, 0.717) is 0 Å². The van der Waals surface area contributed by atoms with Crippen molar-refractivity contribution >= 4 is 70.5 Å². The summed E-state index contributed by atoms with van der Waals surface area (Å²) in [4.78, 5) is 2.33. The summed E-state index contributed by atoms with van der Waals surface area (Å²) in [6.07, 6.45) is 0. The standard InChI is InChI=1S/C26H17Br2N/c27-19-9-13-21(14-10-19)29(22-15-11-20(28)12-16-22)26-17-18-5-1-2-6-23(18)24-7-3-4-8-25(24)26/h1-17H. The zero-order chi connectivity index (χ0) is 19.8. The first-order valence-electron chi connectivity index (χ1n) is 9.42. The quantitative estimate of drug-likeness (QED) is 0.222. The van der Waals surface area contributed by atoms with Crippen LogP contribution in [0.4, 0.5) is 17.1 Å². The van der Waals surface area contributed by atoms with Gasteiger partial charge in [-0.3, -0.25) is 0 Å². The molecule has 29 heavy (non-hydrogen) atoms. The fraction of sp³-hybridized carbons (Fsp3) is 0. The third kappa shape index (κ3) is 3.45. The van der Waals surface area contributed by atoms with Crippen molar-refractivity contribution < 1.29 is 0 Å². The van der Waals surface area contributed by atoms with Gasteiger partial charge in [0.2, 0.25) is 0 Å². The second-order valence-electron chi connectivity index (χ2n) is 6.95. The molecule has 0 saturated heterocycles. The van der Waals surface area contributed by atoms with E-state index in [0.717, 1.165) is 20.3 Å². The van der Waals surface area contributed by atoms with Gasteiger partial charge in [0.1, 0.15) is 0 Å². The number of rotatable bonds is 3. The normalized spacial score (nSPS) is 11.1. The van der Waals surface area contributed by atoms with Gasteiger partial charge in [-0.2, -0.15) is 0 Å². The van der Waals surface area contributed by atoms with Gasteiger partial charge in [0.15, 0.2) is 0 Å². The number of halogens is 2. The van der Waals surface area contributed by atoms with Crippen molar-refractivity contribution in [3.05, 3.63) is 112 Å². The van der Waals surface area contributed by atoms with E-state index in [2.05, 4.69) is 140 Å². The Balaban J connectivity index is 1.85. The first kappa shape index (κ1) is 18.4. The highest BCUT2D eigenvalue weighted by molar-refractivity contribution is 9.10. The summed E-state index contributed by atoms with van der Waals surface area (Å²) in [5.41, 5.74) is 3.41. The van der Waals surface area contributed by atoms with Crippen LogP contribution in [0.1, 0.15) is 0 Å². The number of hydrogen-bond acceptors (Lipinski definition) is 1. The molecule has 0 aliphatic heterocycles. The van der Waals surface area contributed by atoms with Gasteiger partial charge < -0.3 is 4.90 Å². The van der Waals surface area contributed by atoms with Crippen molar-refractivity contribution in [1.82, 2.24) is 0 Å². The van der Waals surface area contributed by atoms with Crippen molar-refractivity contribution in [1.29, 1.82) is 0 Å². The highest BCUT2D eigenvalue weighted by Crippen LogP contribution is 2.42. The van der Waals surface area contributed by atoms with Gasteiger partial charge in [0.05, 0.1) is 5.69 Å². The topological polar surface area (TPSA) is 3.24 Å². The van der Waals surface area contributed by atoms with Gasteiger partial charge in [-0.25, -0.2) is 0 Å². The van der Waals surface area contributed by atoms with E-state index in [1.165, 1.54) is 27.2 Å². The molecular weight excluding hydrogens is 486 g/mol. The Kier molecular flexibility index (Phi) is 4.86. The molecule has 0 fully saturated rings. The van der Waals surface area contributed by atoms with Gasteiger partial charge in [0.25, 0.3) is 0 Å². The summed E-state index contributed by atoms with van der Waals surface area (Å²) in [5.74, 6) is 0. The van der Waals surface area contributed by atoms with Crippen LogP contribution in [0.25, 0.3) is 21.5 Å². The van der Waals surface area contributed by atoms with Gasteiger partial charge in [-0.15, -0.1) is 0 Å². The molecule has 0 N–H and O–H groups in total. The van der Waals surface area contributed by atoms with Gasteiger partial charge in [0, 0.05) is 25.7 Å². The van der Waals surface area contributed by atoms with Crippen LogP contribution in [0.2, 0.25) is 0 Å². The van der Waals surface area contributed by atoms with Crippen LogP contribution in [0.15, 0.2) is 112 Å². The van der Waals surface area contributed by atoms with E-state index in [9.17, 15) is 0 Å². The molecule has 0 aliphatic carbocycles. The molecule has 5 aromatic rings. The largest absolute Gasteiger partial charge is 0.310 e. The van der Waals surface area contributed by atoms with Crippen LogP contribution in [0, 0.1) is 0 Å². The molecule has 0 amide bonds. The number of nitrogens with zero attached hydrogens (tertiary/aromatic N) is 1. The molecule has 5 aromatic carbocycles. The van der Waals surface area contributed by atoms with Crippen LogP contribution in [0.3, 0.4) is 0 Å². The van der Waals surface area contributed by atoms with Gasteiger partial charge in [-0.1, -0.05) is 80.4 Å². The summed E-state index contributed by atoms with van der Waals surface area (Å²) < 4.78 is 2.14. The SMILES string of the molecule is Brc1ccc(N(c2ccc(Br)cc2)c2cc3ccccc3c3ccccc23)cc1. The smallest absolute Gasteiger partial charge is 0.0546 e. The monoisotopic (exact) mass is 501 g/mol. The van der Waals surface area contributed by atoms with Crippen molar-refractivity contribution in [3.63, 3.8) is 0 Å². The van der Waals surface area contributed by atoms with E-state index < -0.39 is 0 Å². The summed E-state index contributed by atoms with van der Waals surface area (Å²) in [7, 11) is 0. The Hall–Kier alpha value is -2.62. The molecule has 0 heterocycles. The molecular formula is C26H17Br2N. The zero-order valence-corrected chi connectivity index (χ0v) is 18.7. The van der Waals surface area contributed by atoms with E-state index in [1.807, 2.05) is 0 Å². The Morgan fingerprint density at radius 2 is 0.966 bits per heavy atom. The van der Waals surface area contributed by atoms with Crippen LogP contribution in [-0.4, -0.2) is 0 Å². The summed E-state index contributed by atoms with van der Waals surface area (Å²) in [6, 6.07) is 36.5. The lowest BCUT2D eigenvalue weighted by atomic mass is 9.99. The molecule has 1 nitrogen and oxygen atoms in total. The van der Waals surface area contributed by atoms with Crippen molar-refractivity contribution in [2.24, 2.45) is 0 Å². The van der Waals surface area contributed by atoms with E-state index >= 15 is 0 Å². The number of benzene rings is 5. The van der Waals surface area contributed by atoms with Gasteiger partial charge in [-0.05, 0) is 70.8 Å². The molecule has 5 rings (SSSR count). The first-order chi connectivity index (χ1) is 14.2. The lowest BCUT2D eigenvalue weighted by Crippen LogP contribution is -2.10. The maximum Gasteiger partial charge on any atom is 0.0546 e. The molecule has 0 aliphatic rings. The summed E-state index contributed by atoms with van der Waals surface area (Å²) >= 11 is 7.13. The third-order valence-corrected chi connectivity index (χ3v) is 6.21. The third-order valence-electron chi connectivity index (χ3n) is 5.16. The van der Waals surface area contributed by atoms with Crippen LogP contribution in [-0.2, 0) is 0 Å². The number of anilines is 3. The molecule has 0 radical (unpaired) electrons. The van der Waals surface area contributed by atoms with Crippen molar-refractivity contribution in [3.8, 4) is 0 Å². The Labute approximate surface area is 186 Å². The lowest BCUT2D eigenvalue weighted by Gasteiger charge is -2.27. The predicted octanol–water partition coefficient (Wildman–Crippen LogP) is 8.99. The molecule has 0 unspecified atom stereocenters. The molecule has 0 saturated carbocycles. The van der Waals surface area contributed by atoms with E-state index in [4.69, 9.17) is 0 Å². The predicted molar refractivity (Wildman–Crippen MR) is 132 cm³/mol. The molecule has 0 bridgehead atoms. The molecule has 0 spiro atoms. The minimum absolute atomic E-state index is 1.07. The zero-order valence-electron chi connectivity index (χ0n) is 15.5. The number of hydrogen-bond donors (Lipinski definition) is 0. The second-order valence-corrected chi connectivity index (χ2v) is 8.78. The first-order valence-corrected chi connectivity index (χ1v) is 11.0. The van der Waals surface area contributed by atoms with Crippen LogP contribution in [0.5, 0.6) is 0 Å². The molecule has 140 valence electrons. The van der Waals surface area contributed by atoms with Crippen LogP contribution >= 0.6 is 31.9 Å². The van der Waals surface area contributed by atoms with E-state index in [1.54, 1.807) is 0 Å². The Morgan fingerprint density at radius 1 is 0.483 bits per heavy atom. The number of fused-ring (bicyclic) bond motifs is 3. The summed E-state index contributed by atoms with van der Waals surface area (Å²) in [6.45, 7) is 0. The highest BCUT2D eigenvalue weighted by Gasteiger charge is 2.17. The Bertz CT molecular complexity index is 1260. The molecule has 0 aromatic heterocycles. The Morgan fingerprint density at radius 3 is 1.55 bits per heavy atom. The minimum atomic E-state index is 1.07. The van der Waals surface area contributed by atoms with Crippen LogP contribution < -0.4 is 4.90 Å². The fourth-order valence-corrected chi connectivity index (χ4v) is 4.36. The molecule has 0 atom stereocenters. The average Bonchev–Trinajstić information content (AvgIpc) is 2.76. The lowest BCUT2D eigenvalue weighted by molar-refractivity contribution is 1.30. The maximum absolute atomic E-state index is 3.56. The average molecular weight is 503 g/mol. The summed E-state index contributed by atoms with van der Waals surface area (Å²) in [5, 5.41) is 5.01. The molecule has 3 heteroatoms. The maximum atomic E-state index is 3.56.